The number of rotatable bonds is 7. The van der Waals surface area contributed by atoms with Crippen molar-refractivity contribution in [1.29, 1.82) is 0 Å². The highest BCUT2D eigenvalue weighted by molar-refractivity contribution is 5.30. The third kappa shape index (κ3) is 5.03. The molecule has 0 aliphatic carbocycles. The van der Waals surface area contributed by atoms with Gasteiger partial charge in [0.05, 0.1) is 6.61 Å². The molecule has 1 aromatic rings. The zero-order valence-corrected chi connectivity index (χ0v) is 9.98. The number of ether oxygens (including phenoxy) is 2. The standard InChI is InChI=1S/C13H20O3/c1-3-4-9-15-10-11(2)16-13-7-5-12(14)6-8-13/h5-8,11,14H,3-4,9-10H2,1-2H3/t11-/m1/s1. The van der Waals surface area contributed by atoms with Crippen LogP contribution in [0.25, 0.3) is 0 Å². The van der Waals surface area contributed by atoms with Crippen LogP contribution in [0.1, 0.15) is 26.7 Å². The Labute approximate surface area is 97.0 Å². The monoisotopic (exact) mass is 224 g/mol. The minimum Gasteiger partial charge on any atom is -0.508 e. The Morgan fingerprint density at radius 1 is 1.25 bits per heavy atom. The zero-order chi connectivity index (χ0) is 11.8. The summed E-state index contributed by atoms with van der Waals surface area (Å²) in [6.45, 7) is 5.50. The summed E-state index contributed by atoms with van der Waals surface area (Å²) in [6.07, 6.45) is 2.26. The smallest absolute Gasteiger partial charge is 0.120 e. The molecule has 0 radical (unpaired) electrons. The van der Waals surface area contributed by atoms with Gasteiger partial charge in [0.15, 0.2) is 0 Å². The van der Waals surface area contributed by atoms with Gasteiger partial charge in [-0.05, 0) is 37.6 Å². The Kier molecular flexibility index (Phi) is 5.72. The molecule has 0 bridgehead atoms. The van der Waals surface area contributed by atoms with Crippen LogP contribution in [0.15, 0.2) is 24.3 Å². The van der Waals surface area contributed by atoms with Gasteiger partial charge in [-0.1, -0.05) is 13.3 Å². The largest absolute Gasteiger partial charge is 0.508 e. The van der Waals surface area contributed by atoms with E-state index in [1.165, 1.54) is 0 Å². The van der Waals surface area contributed by atoms with Crippen molar-refractivity contribution in [2.45, 2.75) is 32.8 Å². The summed E-state index contributed by atoms with van der Waals surface area (Å²) in [5.41, 5.74) is 0. The molecule has 3 nitrogen and oxygen atoms in total. The number of phenolic OH excluding ortho intramolecular Hbond substituents is 1. The number of unbranched alkanes of at least 4 members (excludes halogenated alkanes) is 1. The van der Waals surface area contributed by atoms with Crippen molar-refractivity contribution in [3.63, 3.8) is 0 Å². The molecule has 0 aliphatic heterocycles. The summed E-state index contributed by atoms with van der Waals surface area (Å²) in [4.78, 5) is 0. The first kappa shape index (κ1) is 12.8. The molecule has 0 saturated carbocycles. The topological polar surface area (TPSA) is 38.7 Å². The van der Waals surface area contributed by atoms with Crippen molar-refractivity contribution in [2.75, 3.05) is 13.2 Å². The quantitative estimate of drug-likeness (QED) is 0.724. The van der Waals surface area contributed by atoms with E-state index in [1.807, 2.05) is 6.92 Å². The van der Waals surface area contributed by atoms with Gasteiger partial charge in [0, 0.05) is 6.61 Å². The maximum absolute atomic E-state index is 9.11. The van der Waals surface area contributed by atoms with Crippen LogP contribution in [0.3, 0.4) is 0 Å². The maximum Gasteiger partial charge on any atom is 0.120 e. The molecule has 0 fully saturated rings. The van der Waals surface area contributed by atoms with Crippen LogP contribution in [-0.2, 0) is 4.74 Å². The number of hydrogen-bond donors (Lipinski definition) is 1. The summed E-state index contributed by atoms with van der Waals surface area (Å²) in [6, 6.07) is 6.72. The number of benzene rings is 1. The predicted molar refractivity (Wildman–Crippen MR) is 63.9 cm³/mol. The molecule has 0 heterocycles. The molecule has 0 spiro atoms. The number of hydrogen-bond acceptors (Lipinski definition) is 3. The van der Waals surface area contributed by atoms with Crippen molar-refractivity contribution >= 4 is 0 Å². The maximum atomic E-state index is 9.11. The molecule has 3 heteroatoms. The van der Waals surface area contributed by atoms with Crippen molar-refractivity contribution in [1.82, 2.24) is 0 Å². The van der Waals surface area contributed by atoms with E-state index in [-0.39, 0.29) is 11.9 Å². The van der Waals surface area contributed by atoms with Gasteiger partial charge in [0.25, 0.3) is 0 Å². The number of phenols is 1. The average molecular weight is 224 g/mol. The molecular formula is C13H20O3. The second kappa shape index (κ2) is 7.12. The van der Waals surface area contributed by atoms with Gasteiger partial charge in [-0.25, -0.2) is 0 Å². The third-order valence-electron chi connectivity index (χ3n) is 2.17. The molecule has 1 aromatic carbocycles. The van der Waals surface area contributed by atoms with Crippen LogP contribution in [0.5, 0.6) is 11.5 Å². The Morgan fingerprint density at radius 2 is 1.94 bits per heavy atom. The fraction of sp³-hybridized carbons (Fsp3) is 0.538. The van der Waals surface area contributed by atoms with E-state index in [2.05, 4.69) is 6.92 Å². The zero-order valence-electron chi connectivity index (χ0n) is 9.98. The lowest BCUT2D eigenvalue weighted by Gasteiger charge is -2.14. The van der Waals surface area contributed by atoms with E-state index in [0.717, 1.165) is 25.2 Å². The first-order valence-electron chi connectivity index (χ1n) is 5.75. The normalized spacial score (nSPS) is 12.4. The highest BCUT2D eigenvalue weighted by atomic mass is 16.5. The second-order valence-electron chi connectivity index (χ2n) is 3.85. The summed E-state index contributed by atoms with van der Waals surface area (Å²) >= 11 is 0. The molecule has 16 heavy (non-hydrogen) atoms. The van der Waals surface area contributed by atoms with Gasteiger partial charge in [-0.2, -0.15) is 0 Å². The van der Waals surface area contributed by atoms with Gasteiger partial charge in [0.2, 0.25) is 0 Å². The Bertz CT molecular complexity index is 282. The van der Waals surface area contributed by atoms with Crippen molar-refractivity contribution in [3.05, 3.63) is 24.3 Å². The van der Waals surface area contributed by atoms with E-state index in [0.29, 0.717) is 6.61 Å². The molecule has 0 aromatic heterocycles. The van der Waals surface area contributed by atoms with Crippen molar-refractivity contribution in [3.8, 4) is 11.5 Å². The van der Waals surface area contributed by atoms with E-state index < -0.39 is 0 Å². The highest BCUT2D eigenvalue weighted by Gasteiger charge is 2.03. The molecule has 0 unspecified atom stereocenters. The average Bonchev–Trinajstić information content (AvgIpc) is 2.28. The van der Waals surface area contributed by atoms with Gasteiger partial charge in [0.1, 0.15) is 17.6 Å². The minimum absolute atomic E-state index is 0.0291. The Morgan fingerprint density at radius 3 is 2.56 bits per heavy atom. The lowest BCUT2D eigenvalue weighted by atomic mass is 10.3. The first-order chi connectivity index (χ1) is 7.72. The summed E-state index contributed by atoms with van der Waals surface area (Å²) in [5.74, 6) is 1.00. The first-order valence-corrected chi connectivity index (χ1v) is 5.75. The van der Waals surface area contributed by atoms with E-state index in [1.54, 1.807) is 24.3 Å². The molecule has 1 N–H and O–H groups in total. The SMILES string of the molecule is CCCCOC[C@@H](C)Oc1ccc(O)cc1. The molecule has 0 amide bonds. The van der Waals surface area contributed by atoms with Crippen LogP contribution in [0, 0.1) is 0 Å². The Balaban J connectivity index is 2.23. The van der Waals surface area contributed by atoms with Gasteiger partial charge < -0.3 is 14.6 Å². The summed E-state index contributed by atoms with van der Waals surface area (Å²) in [7, 11) is 0. The molecule has 90 valence electrons. The second-order valence-corrected chi connectivity index (χ2v) is 3.85. The molecule has 1 rings (SSSR count). The summed E-state index contributed by atoms with van der Waals surface area (Å²) in [5, 5.41) is 9.11. The Hall–Kier alpha value is -1.22. The van der Waals surface area contributed by atoms with E-state index >= 15 is 0 Å². The fourth-order valence-electron chi connectivity index (χ4n) is 1.29. The highest BCUT2D eigenvalue weighted by Crippen LogP contribution is 2.17. The lowest BCUT2D eigenvalue weighted by Crippen LogP contribution is -2.19. The van der Waals surface area contributed by atoms with E-state index in [9.17, 15) is 0 Å². The summed E-state index contributed by atoms with van der Waals surface area (Å²) < 4.78 is 11.1. The minimum atomic E-state index is 0.0291. The molecule has 0 aliphatic rings. The van der Waals surface area contributed by atoms with Crippen LogP contribution in [0.4, 0.5) is 0 Å². The lowest BCUT2D eigenvalue weighted by molar-refractivity contribution is 0.0572. The molecular weight excluding hydrogens is 204 g/mol. The van der Waals surface area contributed by atoms with Crippen LogP contribution < -0.4 is 4.74 Å². The van der Waals surface area contributed by atoms with Crippen molar-refractivity contribution in [2.24, 2.45) is 0 Å². The van der Waals surface area contributed by atoms with Crippen molar-refractivity contribution < 1.29 is 14.6 Å². The van der Waals surface area contributed by atoms with Gasteiger partial charge in [-0.15, -0.1) is 0 Å². The van der Waals surface area contributed by atoms with Crippen LogP contribution >= 0.6 is 0 Å². The third-order valence-corrected chi connectivity index (χ3v) is 2.17. The van der Waals surface area contributed by atoms with Crippen LogP contribution in [0.2, 0.25) is 0 Å². The molecule has 1 atom stereocenters. The van der Waals surface area contributed by atoms with Gasteiger partial charge >= 0.3 is 0 Å². The van der Waals surface area contributed by atoms with Gasteiger partial charge in [-0.3, -0.25) is 0 Å². The fourth-order valence-corrected chi connectivity index (χ4v) is 1.29. The number of aromatic hydroxyl groups is 1. The van der Waals surface area contributed by atoms with Crippen LogP contribution in [-0.4, -0.2) is 24.4 Å². The molecule has 0 saturated heterocycles. The van der Waals surface area contributed by atoms with E-state index in [4.69, 9.17) is 14.6 Å². The predicted octanol–water partition coefficient (Wildman–Crippen LogP) is 2.98.